The highest BCUT2D eigenvalue weighted by Crippen LogP contribution is 2.30. The van der Waals surface area contributed by atoms with Crippen LogP contribution in [0.1, 0.15) is 18.4 Å². The number of piperidine rings is 1. The standard InChI is InChI=1S/C25H25N5O4S/c26-25-24(23-12-21(30-34-23)17-5-3-16(15-31)4-6-17)29-22(14-28-25)18-7-9-19(10-8-18)35(32,33)20-2-1-11-27-13-20/h3-10,12,14,20,27,31H,1-2,11,13,15H2,(H2,26,28). The van der Waals surface area contributed by atoms with Crippen LogP contribution in [0.25, 0.3) is 34.0 Å². The number of hydrogen-bond donors (Lipinski definition) is 3. The second-order valence-corrected chi connectivity index (χ2v) is 10.7. The minimum Gasteiger partial charge on any atom is -0.392 e. The highest BCUT2D eigenvalue weighted by Gasteiger charge is 2.28. The summed E-state index contributed by atoms with van der Waals surface area (Å²) in [5, 5.41) is 16.1. The fraction of sp³-hybridized carbons (Fsp3) is 0.240. The number of aliphatic hydroxyl groups excluding tert-OH is 1. The van der Waals surface area contributed by atoms with Crippen LogP contribution < -0.4 is 11.1 Å². The molecule has 4 aromatic rings. The number of nitrogens with two attached hydrogens (primary N) is 1. The molecular weight excluding hydrogens is 466 g/mol. The van der Waals surface area contributed by atoms with Gasteiger partial charge in [-0.2, -0.15) is 0 Å². The van der Waals surface area contributed by atoms with Gasteiger partial charge in [0.25, 0.3) is 0 Å². The van der Waals surface area contributed by atoms with E-state index in [2.05, 4.69) is 20.4 Å². The van der Waals surface area contributed by atoms with Gasteiger partial charge in [-0.3, -0.25) is 0 Å². The number of benzene rings is 2. The molecule has 0 amide bonds. The van der Waals surface area contributed by atoms with Gasteiger partial charge in [-0.25, -0.2) is 18.4 Å². The first-order chi connectivity index (χ1) is 17.0. The van der Waals surface area contributed by atoms with Crippen molar-refractivity contribution in [1.82, 2.24) is 20.4 Å². The van der Waals surface area contributed by atoms with Gasteiger partial charge in [-0.1, -0.05) is 41.6 Å². The smallest absolute Gasteiger partial charge is 0.189 e. The minimum absolute atomic E-state index is 0.0338. The Morgan fingerprint density at radius 2 is 1.77 bits per heavy atom. The van der Waals surface area contributed by atoms with Gasteiger partial charge in [-0.15, -0.1) is 0 Å². The van der Waals surface area contributed by atoms with Crippen molar-refractivity contribution >= 4 is 15.7 Å². The van der Waals surface area contributed by atoms with Crippen LogP contribution in [0.2, 0.25) is 0 Å². The second kappa shape index (κ2) is 9.57. The van der Waals surface area contributed by atoms with Gasteiger partial charge in [-0.05, 0) is 37.1 Å². The van der Waals surface area contributed by atoms with E-state index in [1.54, 1.807) is 30.3 Å². The summed E-state index contributed by atoms with van der Waals surface area (Å²) in [7, 11) is -3.40. The SMILES string of the molecule is Nc1ncc(-c2ccc(S(=O)(=O)C3CCCNC3)cc2)nc1-c1cc(-c2ccc(CO)cc2)no1. The Balaban J connectivity index is 1.41. The maximum Gasteiger partial charge on any atom is 0.189 e. The van der Waals surface area contributed by atoms with Crippen LogP contribution in [0.3, 0.4) is 0 Å². The van der Waals surface area contributed by atoms with Gasteiger partial charge in [0.1, 0.15) is 5.69 Å². The molecule has 5 rings (SSSR count). The third kappa shape index (κ3) is 4.68. The average Bonchev–Trinajstić information content (AvgIpc) is 3.40. The third-order valence-electron chi connectivity index (χ3n) is 6.15. The lowest BCUT2D eigenvalue weighted by atomic mass is 10.1. The molecular formula is C25H25N5O4S. The summed E-state index contributed by atoms with van der Waals surface area (Å²) >= 11 is 0. The van der Waals surface area contributed by atoms with Crippen LogP contribution >= 0.6 is 0 Å². The summed E-state index contributed by atoms with van der Waals surface area (Å²) < 4.78 is 31.4. The summed E-state index contributed by atoms with van der Waals surface area (Å²) in [6.07, 6.45) is 3.05. The Kier molecular flexibility index (Phi) is 6.33. The zero-order valence-corrected chi connectivity index (χ0v) is 19.7. The normalized spacial score (nSPS) is 16.3. The van der Waals surface area contributed by atoms with Gasteiger partial charge in [0.2, 0.25) is 0 Å². The number of sulfone groups is 1. The van der Waals surface area contributed by atoms with Crippen LogP contribution in [0.15, 0.2) is 70.2 Å². The predicted molar refractivity (Wildman–Crippen MR) is 132 cm³/mol. The average molecular weight is 492 g/mol. The summed E-state index contributed by atoms with van der Waals surface area (Å²) in [6, 6.07) is 15.7. The quantitative estimate of drug-likeness (QED) is 0.370. The van der Waals surface area contributed by atoms with E-state index in [4.69, 9.17) is 10.3 Å². The molecule has 180 valence electrons. The van der Waals surface area contributed by atoms with Crippen molar-refractivity contribution in [2.75, 3.05) is 18.8 Å². The van der Waals surface area contributed by atoms with E-state index in [0.29, 0.717) is 46.3 Å². The topological polar surface area (TPSA) is 144 Å². The van der Waals surface area contributed by atoms with Crippen molar-refractivity contribution in [3.63, 3.8) is 0 Å². The first kappa shape index (κ1) is 23.2. The predicted octanol–water partition coefficient (Wildman–Crippen LogP) is 3.07. The van der Waals surface area contributed by atoms with Crippen molar-refractivity contribution in [1.29, 1.82) is 0 Å². The fourth-order valence-corrected chi connectivity index (χ4v) is 5.83. The fourth-order valence-electron chi connectivity index (χ4n) is 4.12. The zero-order valence-electron chi connectivity index (χ0n) is 18.9. The Morgan fingerprint density at radius 1 is 1.06 bits per heavy atom. The van der Waals surface area contributed by atoms with Crippen molar-refractivity contribution in [2.45, 2.75) is 29.6 Å². The van der Waals surface area contributed by atoms with Gasteiger partial charge >= 0.3 is 0 Å². The molecule has 1 unspecified atom stereocenters. The molecule has 0 bridgehead atoms. The molecule has 1 aliphatic rings. The molecule has 1 aliphatic heterocycles. The number of nitrogen functional groups attached to an aromatic ring is 1. The van der Waals surface area contributed by atoms with Gasteiger partial charge in [0, 0.05) is 23.7 Å². The minimum atomic E-state index is -3.40. The van der Waals surface area contributed by atoms with E-state index in [0.717, 1.165) is 24.1 Å². The van der Waals surface area contributed by atoms with Crippen LogP contribution in [0, 0.1) is 0 Å². The van der Waals surface area contributed by atoms with E-state index in [9.17, 15) is 13.5 Å². The zero-order chi connectivity index (χ0) is 24.4. The number of nitrogens with one attached hydrogen (secondary N) is 1. The number of aromatic nitrogens is 3. The Labute approximate surface area is 203 Å². The molecule has 1 saturated heterocycles. The highest BCUT2D eigenvalue weighted by atomic mass is 32.2. The molecule has 0 saturated carbocycles. The van der Waals surface area contributed by atoms with Gasteiger partial charge < -0.3 is 20.7 Å². The summed E-state index contributed by atoms with van der Waals surface area (Å²) in [6.45, 7) is 1.29. The van der Waals surface area contributed by atoms with E-state index in [-0.39, 0.29) is 12.4 Å². The third-order valence-corrected chi connectivity index (χ3v) is 8.35. The molecule has 35 heavy (non-hydrogen) atoms. The summed E-state index contributed by atoms with van der Waals surface area (Å²) in [5.74, 6) is 0.554. The van der Waals surface area contributed by atoms with Crippen molar-refractivity contribution < 1.29 is 18.0 Å². The molecule has 4 N–H and O–H groups in total. The Hall–Kier alpha value is -3.60. The molecule has 2 aromatic carbocycles. The molecule has 0 spiro atoms. The lowest BCUT2D eigenvalue weighted by Gasteiger charge is -2.22. The van der Waals surface area contributed by atoms with Gasteiger partial charge in [0.05, 0.1) is 28.6 Å². The van der Waals surface area contributed by atoms with Crippen LogP contribution in [0.4, 0.5) is 5.82 Å². The summed E-state index contributed by atoms with van der Waals surface area (Å²) in [4.78, 5) is 9.17. The molecule has 3 heterocycles. The van der Waals surface area contributed by atoms with Crippen molar-refractivity contribution in [3.8, 4) is 34.0 Å². The van der Waals surface area contributed by atoms with Crippen molar-refractivity contribution in [3.05, 3.63) is 66.4 Å². The second-order valence-electron chi connectivity index (χ2n) is 8.46. The first-order valence-electron chi connectivity index (χ1n) is 11.3. The molecule has 2 aromatic heterocycles. The van der Waals surface area contributed by atoms with E-state index >= 15 is 0 Å². The molecule has 0 radical (unpaired) electrons. The van der Waals surface area contributed by atoms with Crippen LogP contribution in [-0.2, 0) is 16.4 Å². The molecule has 10 heteroatoms. The molecule has 1 atom stereocenters. The number of rotatable bonds is 6. The number of anilines is 1. The van der Waals surface area contributed by atoms with E-state index in [1.807, 2.05) is 24.3 Å². The van der Waals surface area contributed by atoms with Crippen molar-refractivity contribution in [2.24, 2.45) is 0 Å². The molecule has 1 fully saturated rings. The maximum absolute atomic E-state index is 13.0. The van der Waals surface area contributed by atoms with Crippen LogP contribution in [-0.4, -0.2) is 47.0 Å². The maximum atomic E-state index is 13.0. The number of aliphatic hydroxyl groups is 1. The van der Waals surface area contributed by atoms with E-state index < -0.39 is 15.1 Å². The summed E-state index contributed by atoms with van der Waals surface area (Å²) in [5.41, 5.74) is 9.88. The molecule has 9 nitrogen and oxygen atoms in total. The largest absolute Gasteiger partial charge is 0.392 e. The van der Waals surface area contributed by atoms with Crippen LogP contribution in [0.5, 0.6) is 0 Å². The highest BCUT2D eigenvalue weighted by molar-refractivity contribution is 7.92. The lowest BCUT2D eigenvalue weighted by molar-refractivity contribution is 0.282. The Morgan fingerprint density at radius 3 is 2.46 bits per heavy atom. The first-order valence-corrected chi connectivity index (χ1v) is 12.8. The van der Waals surface area contributed by atoms with E-state index in [1.165, 1.54) is 6.20 Å². The Bertz CT molecular complexity index is 1430. The van der Waals surface area contributed by atoms with Gasteiger partial charge in [0.15, 0.2) is 27.1 Å². The lowest BCUT2D eigenvalue weighted by Crippen LogP contribution is -2.38. The monoisotopic (exact) mass is 491 g/mol. The number of nitrogens with zero attached hydrogens (tertiary/aromatic N) is 3. The number of hydrogen-bond acceptors (Lipinski definition) is 9. The molecule has 0 aliphatic carbocycles.